The molecule has 21 heavy (non-hydrogen) atoms. The molecular formula is C14H17ClN2O4. The highest BCUT2D eigenvalue weighted by atomic mass is 35.5. The Morgan fingerprint density at radius 1 is 1.43 bits per heavy atom. The highest BCUT2D eigenvalue weighted by Gasteiger charge is 2.44. The van der Waals surface area contributed by atoms with Gasteiger partial charge in [-0.3, -0.25) is 4.79 Å². The molecule has 0 bridgehead atoms. The van der Waals surface area contributed by atoms with Gasteiger partial charge in [-0.1, -0.05) is 18.0 Å². The molecule has 0 aliphatic heterocycles. The van der Waals surface area contributed by atoms with E-state index in [9.17, 15) is 14.7 Å². The van der Waals surface area contributed by atoms with Crippen LogP contribution in [0.5, 0.6) is 5.75 Å². The maximum Gasteiger partial charge on any atom is 0.319 e. The Bertz CT molecular complexity index is 558. The van der Waals surface area contributed by atoms with Crippen LogP contribution in [0.2, 0.25) is 5.02 Å². The molecule has 0 saturated heterocycles. The zero-order valence-electron chi connectivity index (χ0n) is 11.6. The van der Waals surface area contributed by atoms with Crippen molar-refractivity contribution in [3.63, 3.8) is 0 Å². The topological polar surface area (TPSA) is 87.7 Å². The van der Waals surface area contributed by atoms with E-state index in [0.29, 0.717) is 29.3 Å². The zero-order chi connectivity index (χ0) is 15.5. The van der Waals surface area contributed by atoms with E-state index in [1.165, 1.54) is 7.11 Å². The number of amides is 2. The van der Waals surface area contributed by atoms with E-state index in [0.717, 1.165) is 6.42 Å². The van der Waals surface area contributed by atoms with Gasteiger partial charge in [-0.25, -0.2) is 4.79 Å². The van der Waals surface area contributed by atoms with E-state index in [4.69, 9.17) is 16.3 Å². The second-order valence-corrected chi connectivity index (χ2v) is 5.50. The number of hydrogen-bond acceptors (Lipinski definition) is 3. The molecule has 1 aliphatic rings. The molecule has 1 aromatic carbocycles. The van der Waals surface area contributed by atoms with Gasteiger partial charge in [0.15, 0.2) is 0 Å². The van der Waals surface area contributed by atoms with Crippen LogP contribution in [0.25, 0.3) is 0 Å². The number of benzene rings is 1. The summed E-state index contributed by atoms with van der Waals surface area (Å²) in [4.78, 5) is 23.0. The lowest BCUT2D eigenvalue weighted by Gasteiger charge is -2.37. The van der Waals surface area contributed by atoms with Gasteiger partial charge in [0.25, 0.3) is 0 Å². The van der Waals surface area contributed by atoms with Crippen molar-refractivity contribution in [1.82, 2.24) is 5.32 Å². The highest BCUT2D eigenvalue weighted by molar-refractivity contribution is 6.32. The molecule has 1 fully saturated rings. The van der Waals surface area contributed by atoms with Gasteiger partial charge < -0.3 is 20.5 Å². The van der Waals surface area contributed by atoms with E-state index in [-0.39, 0.29) is 6.54 Å². The molecule has 0 unspecified atom stereocenters. The average molecular weight is 313 g/mol. The minimum Gasteiger partial charge on any atom is -0.495 e. The number of halogens is 1. The number of nitrogens with one attached hydrogen (secondary N) is 2. The molecule has 0 heterocycles. The van der Waals surface area contributed by atoms with E-state index in [1.807, 2.05) is 0 Å². The summed E-state index contributed by atoms with van der Waals surface area (Å²) in [5.41, 5.74) is -0.290. The Morgan fingerprint density at radius 2 is 2.14 bits per heavy atom. The maximum atomic E-state index is 11.8. The quantitative estimate of drug-likeness (QED) is 0.780. The zero-order valence-corrected chi connectivity index (χ0v) is 12.4. The Labute approximate surface area is 127 Å². The van der Waals surface area contributed by atoms with Crippen LogP contribution >= 0.6 is 11.6 Å². The fourth-order valence-electron chi connectivity index (χ4n) is 2.23. The second kappa shape index (κ2) is 6.22. The van der Waals surface area contributed by atoms with Crippen molar-refractivity contribution in [2.45, 2.75) is 19.3 Å². The second-order valence-electron chi connectivity index (χ2n) is 5.10. The van der Waals surface area contributed by atoms with Crippen molar-refractivity contribution in [3.05, 3.63) is 23.2 Å². The van der Waals surface area contributed by atoms with E-state index >= 15 is 0 Å². The lowest BCUT2D eigenvalue weighted by Crippen LogP contribution is -2.48. The molecular weight excluding hydrogens is 296 g/mol. The van der Waals surface area contributed by atoms with Crippen LogP contribution in [0.4, 0.5) is 10.5 Å². The monoisotopic (exact) mass is 312 g/mol. The fraction of sp³-hybridized carbons (Fsp3) is 0.429. The number of ether oxygens (including phenoxy) is 1. The number of anilines is 1. The number of methoxy groups -OCH3 is 1. The van der Waals surface area contributed by atoms with Crippen LogP contribution in [0.1, 0.15) is 19.3 Å². The number of carboxylic acids is 1. The largest absolute Gasteiger partial charge is 0.495 e. The third-order valence-electron chi connectivity index (χ3n) is 3.76. The molecule has 3 N–H and O–H groups in total. The smallest absolute Gasteiger partial charge is 0.319 e. The summed E-state index contributed by atoms with van der Waals surface area (Å²) in [6, 6.07) is 4.39. The van der Waals surface area contributed by atoms with Crippen molar-refractivity contribution in [3.8, 4) is 5.75 Å². The Balaban J connectivity index is 1.91. The molecule has 0 radical (unpaired) electrons. The van der Waals surface area contributed by atoms with Gasteiger partial charge in [0.2, 0.25) is 0 Å². The molecule has 0 aromatic heterocycles. The first-order valence-corrected chi connectivity index (χ1v) is 6.96. The van der Waals surface area contributed by atoms with Crippen molar-refractivity contribution in [1.29, 1.82) is 0 Å². The lowest BCUT2D eigenvalue weighted by atomic mass is 9.69. The summed E-state index contributed by atoms with van der Waals surface area (Å²) in [5.74, 6) is -0.405. The van der Waals surface area contributed by atoms with Gasteiger partial charge in [-0.2, -0.15) is 0 Å². The van der Waals surface area contributed by atoms with Gasteiger partial charge >= 0.3 is 12.0 Å². The lowest BCUT2D eigenvalue weighted by molar-refractivity contribution is -0.153. The number of carbonyl (C=O) groups excluding carboxylic acids is 1. The van der Waals surface area contributed by atoms with Crippen LogP contribution < -0.4 is 15.4 Å². The number of carboxylic acid groups (broad SMARTS) is 1. The summed E-state index contributed by atoms with van der Waals surface area (Å²) in [5, 5.41) is 14.9. The van der Waals surface area contributed by atoms with Crippen LogP contribution in [-0.4, -0.2) is 30.8 Å². The molecule has 7 heteroatoms. The van der Waals surface area contributed by atoms with E-state index in [1.54, 1.807) is 18.2 Å². The van der Waals surface area contributed by atoms with Crippen molar-refractivity contribution in [2.75, 3.05) is 19.0 Å². The maximum absolute atomic E-state index is 11.8. The minimum atomic E-state index is -0.859. The van der Waals surface area contributed by atoms with Gasteiger partial charge in [0.05, 0.1) is 17.5 Å². The van der Waals surface area contributed by atoms with E-state index < -0.39 is 17.4 Å². The van der Waals surface area contributed by atoms with Gasteiger partial charge in [0.1, 0.15) is 5.75 Å². The normalized spacial score (nSPS) is 15.7. The summed E-state index contributed by atoms with van der Waals surface area (Å²) < 4.78 is 5.06. The van der Waals surface area contributed by atoms with Crippen LogP contribution in [-0.2, 0) is 4.79 Å². The standard InChI is InChI=1S/C14H17ClN2O4/c1-21-11-7-9(3-4-10(11)15)17-13(20)16-8-14(12(18)19)5-2-6-14/h3-4,7H,2,5-6,8H2,1H3,(H,18,19)(H2,16,17,20). The average Bonchev–Trinajstić information content (AvgIpc) is 2.39. The third kappa shape index (κ3) is 3.39. The summed E-state index contributed by atoms with van der Waals surface area (Å²) >= 11 is 5.90. The van der Waals surface area contributed by atoms with E-state index in [2.05, 4.69) is 10.6 Å². The molecule has 0 spiro atoms. The summed E-state index contributed by atoms with van der Waals surface area (Å²) in [6.07, 6.45) is 2.07. The van der Waals surface area contributed by atoms with Gasteiger partial charge in [0, 0.05) is 18.3 Å². The van der Waals surface area contributed by atoms with Crippen molar-refractivity contribution >= 4 is 29.3 Å². The predicted molar refractivity (Wildman–Crippen MR) is 78.9 cm³/mol. The molecule has 1 saturated carbocycles. The number of aliphatic carboxylic acids is 1. The van der Waals surface area contributed by atoms with Crippen molar-refractivity contribution in [2.24, 2.45) is 5.41 Å². The summed E-state index contributed by atoms with van der Waals surface area (Å²) in [7, 11) is 1.48. The van der Waals surface area contributed by atoms with Gasteiger partial charge in [-0.15, -0.1) is 0 Å². The number of urea groups is 1. The minimum absolute atomic E-state index is 0.124. The molecule has 1 aliphatic carbocycles. The Morgan fingerprint density at radius 3 is 2.67 bits per heavy atom. The number of carbonyl (C=O) groups is 2. The molecule has 6 nitrogen and oxygen atoms in total. The first-order valence-electron chi connectivity index (χ1n) is 6.59. The Kier molecular flexibility index (Phi) is 4.57. The fourth-order valence-corrected chi connectivity index (χ4v) is 2.43. The molecule has 2 amide bonds. The number of rotatable bonds is 5. The van der Waals surface area contributed by atoms with Crippen LogP contribution in [0, 0.1) is 5.41 Å². The summed E-state index contributed by atoms with van der Waals surface area (Å²) in [6.45, 7) is 0.124. The van der Waals surface area contributed by atoms with Crippen LogP contribution in [0.15, 0.2) is 18.2 Å². The first-order chi connectivity index (χ1) is 9.97. The predicted octanol–water partition coefficient (Wildman–Crippen LogP) is 2.73. The SMILES string of the molecule is COc1cc(NC(=O)NCC2(C(=O)O)CCC2)ccc1Cl. The number of hydrogen-bond donors (Lipinski definition) is 3. The molecule has 114 valence electrons. The molecule has 1 aromatic rings. The highest BCUT2D eigenvalue weighted by Crippen LogP contribution is 2.40. The van der Waals surface area contributed by atoms with Crippen molar-refractivity contribution < 1.29 is 19.4 Å². The Hall–Kier alpha value is -1.95. The first kappa shape index (κ1) is 15.4. The van der Waals surface area contributed by atoms with Gasteiger partial charge in [-0.05, 0) is 25.0 Å². The van der Waals surface area contributed by atoms with Crippen LogP contribution in [0.3, 0.4) is 0 Å². The molecule has 2 rings (SSSR count). The molecule has 0 atom stereocenters. The third-order valence-corrected chi connectivity index (χ3v) is 4.07.